The maximum Gasteiger partial charge on any atom is 0.328 e. The van der Waals surface area contributed by atoms with Gasteiger partial charge in [-0.05, 0) is 44.1 Å². The third kappa shape index (κ3) is 10.7. The van der Waals surface area contributed by atoms with Crippen molar-refractivity contribution >= 4 is 29.5 Å². The molecule has 0 aromatic heterocycles. The van der Waals surface area contributed by atoms with Crippen molar-refractivity contribution in [3.05, 3.63) is 50.9 Å². The second kappa shape index (κ2) is 17.4. The highest BCUT2D eigenvalue weighted by atomic mass is 32.2. The standard InChI is InChI=1S/C25H36N4O8S/c1-2-8-21(26-20(23(30)27-33)13-12-19-9-4-3-5-10-19)24(31)28-14-7-6-11-22(28)25(32)36-15-17-38-18-16-37-29(34)35/h3-5,9-10,20-22,26H,2,6-8,11-18H2,1H3. The van der Waals surface area contributed by atoms with Gasteiger partial charge in [0.15, 0.2) is 0 Å². The van der Waals surface area contributed by atoms with Crippen molar-refractivity contribution in [2.45, 2.75) is 70.0 Å². The number of piperidine rings is 1. The predicted molar refractivity (Wildman–Crippen MR) is 142 cm³/mol. The van der Waals surface area contributed by atoms with Crippen molar-refractivity contribution in [3.63, 3.8) is 0 Å². The van der Waals surface area contributed by atoms with Gasteiger partial charge in [-0.15, -0.1) is 15.0 Å². The minimum absolute atomic E-state index is 0.0448. The lowest BCUT2D eigenvalue weighted by Gasteiger charge is -2.37. The number of carbonyl (C=O) groups is 3. The molecular weight excluding hydrogens is 516 g/mol. The Morgan fingerprint density at radius 3 is 2.58 bits per heavy atom. The zero-order chi connectivity index (χ0) is 27.8. The number of nitrogens with zero attached hydrogens (tertiary/aromatic N) is 3. The Labute approximate surface area is 226 Å². The number of thioether (sulfide) groups is 1. The van der Waals surface area contributed by atoms with Gasteiger partial charge in [0.05, 0.1) is 12.1 Å². The molecule has 0 spiro atoms. The molecule has 1 fully saturated rings. The molecule has 1 aliphatic heterocycles. The second-order valence-electron chi connectivity index (χ2n) is 8.89. The van der Waals surface area contributed by atoms with Crippen molar-refractivity contribution in [1.82, 2.24) is 10.2 Å². The Hall–Kier alpha value is -3.06. The molecule has 2 rings (SSSR count). The number of aryl methyl sites for hydroxylation is 1. The average molecular weight is 553 g/mol. The molecule has 13 heteroatoms. The molecule has 1 aliphatic rings. The van der Waals surface area contributed by atoms with Crippen molar-refractivity contribution < 1.29 is 29.0 Å². The quantitative estimate of drug-likeness (QED) is 0.100. The first-order valence-corrected chi connectivity index (χ1v) is 14.0. The smallest absolute Gasteiger partial charge is 0.328 e. The topological polar surface area (TPSA) is 158 Å². The van der Waals surface area contributed by atoms with Gasteiger partial charge in [0, 0.05) is 23.2 Å². The summed E-state index contributed by atoms with van der Waals surface area (Å²) >= 11 is 1.35. The average Bonchev–Trinajstić information content (AvgIpc) is 2.93. The molecule has 1 aromatic carbocycles. The Kier molecular flexibility index (Phi) is 14.3. The van der Waals surface area contributed by atoms with E-state index in [-0.39, 0.29) is 19.1 Å². The van der Waals surface area contributed by atoms with Crippen LogP contribution in [0.4, 0.5) is 0 Å². The largest absolute Gasteiger partial charge is 0.463 e. The van der Waals surface area contributed by atoms with Crippen LogP contribution in [0.5, 0.6) is 0 Å². The minimum Gasteiger partial charge on any atom is -0.463 e. The van der Waals surface area contributed by atoms with Crippen LogP contribution in [0.3, 0.4) is 0 Å². The summed E-state index contributed by atoms with van der Waals surface area (Å²) in [4.78, 5) is 65.7. The van der Waals surface area contributed by atoms with Crippen molar-refractivity contribution in [3.8, 4) is 0 Å². The number of amides is 2. The fraction of sp³-hybridized carbons (Fsp3) is 0.640. The first-order valence-electron chi connectivity index (χ1n) is 12.9. The number of likely N-dealkylation sites (tertiary alicyclic amines) is 1. The third-order valence-electron chi connectivity index (χ3n) is 6.18. The highest BCUT2D eigenvalue weighted by Crippen LogP contribution is 2.21. The monoisotopic (exact) mass is 552 g/mol. The van der Waals surface area contributed by atoms with E-state index in [0.29, 0.717) is 50.2 Å². The summed E-state index contributed by atoms with van der Waals surface area (Å²) in [5.41, 5.74) is 0.999. The van der Waals surface area contributed by atoms with Gasteiger partial charge in [0.2, 0.25) is 5.91 Å². The lowest BCUT2D eigenvalue weighted by Crippen LogP contribution is -2.57. The number of nitrogens with one attached hydrogen (secondary N) is 1. The Bertz CT molecular complexity index is 920. The van der Waals surface area contributed by atoms with Gasteiger partial charge < -0.3 is 14.5 Å². The Balaban J connectivity index is 1.98. The zero-order valence-electron chi connectivity index (χ0n) is 21.6. The van der Waals surface area contributed by atoms with Crippen LogP contribution in [-0.4, -0.2) is 77.2 Å². The van der Waals surface area contributed by atoms with Gasteiger partial charge >= 0.3 is 11.9 Å². The summed E-state index contributed by atoms with van der Waals surface area (Å²) in [5, 5.41) is 15.0. The van der Waals surface area contributed by atoms with E-state index in [1.807, 2.05) is 37.3 Å². The molecule has 1 aromatic rings. The summed E-state index contributed by atoms with van der Waals surface area (Å²) in [6.45, 7) is 2.37. The molecule has 1 heterocycles. The molecule has 38 heavy (non-hydrogen) atoms. The molecule has 12 nitrogen and oxygen atoms in total. The van der Waals surface area contributed by atoms with E-state index in [4.69, 9.17) is 4.74 Å². The number of esters is 1. The van der Waals surface area contributed by atoms with Crippen LogP contribution in [0.15, 0.2) is 35.5 Å². The molecule has 0 bridgehead atoms. The van der Waals surface area contributed by atoms with Gasteiger partial charge in [-0.2, -0.15) is 11.8 Å². The Morgan fingerprint density at radius 1 is 1.16 bits per heavy atom. The number of rotatable bonds is 17. The summed E-state index contributed by atoms with van der Waals surface area (Å²) in [7, 11) is 0. The highest BCUT2D eigenvalue weighted by Gasteiger charge is 2.37. The number of benzene rings is 1. The number of nitroso groups, excluding NO2 is 1. The molecule has 2 amide bonds. The van der Waals surface area contributed by atoms with E-state index in [1.165, 1.54) is 16.7 Å². The van der Waals surface area contributed by atoms with Crippen LogP contribution in [0, 0.1) is 15.0 Å². The maximum absolute atomic E-state index is 13.6. The number of ether oxygens (including phenoxy) is 1. The molecule has 1 N–H and O–H groups in total. The third-order valence-corrected chi connectivity index (χ3v) is 7.10. The van der Waals surface area contributed by atoms with E-state index in [0.717, 1.165) is 18.4 Å². The van der Waals surface area contributed by atoms with Crippen LogP contribution in [0.1, 0.15) is 51.0 Å². The summed E-state index contributed by atoms with van der Waals surface area (Å²) in [6, 6.07) is 7.11. The summed E-state index contributed by atoms with van der Waals surface area (Å²) in [6.07, 6.45) is 3.90. The molecule has 0 aliphatic carbocycles. The molecule has 3 unspecified atom stereocenters. The molecular formula is C25H36N4O8S. The normalized spacial score (nSPS) is 16.8. The maximum atomic E-state index is 13.6. The zero-order valence-corrected chi connectivity index (χ0v) is 22.4. The second-order valence-corrected chi connectivity index (χ2v) is 10.1. The minimum atomic E-state index is -0.917. The van der Waals surface area contributed by atoms with Gasteiger partial charge in [0.25, 0.3) is 5.09 Å². The fourth-order valence-electron chi connectivity index (χ4n) is 4.32. The number of hydrogen-bond donors (Lipinski definition) is 1. The van der Waals surface area contributed by atoms with Crippen molar-refractivity contribution in [2.75, 3.05) is 31.3 Å². The van der Waals surface area contributed by atoms with Crippen molar-refractivity contribution in [1.29, 1.82) is 0 Å². The molecule has 0 radical (unpaired) electrons. The van der Waals surface area contributed by atoms with Crippen molar-refractivity contribution in [2.24, 2.45) is 5.18 Å². The predicted octanol–water partition coefficient (Wildman–Crippen LogP) is 2.90. The van der Waals surface area contributed by atoms with E-state index in [2.05, 4.69) is 15.3 Å². The molecule has 0 saturated carbocycles. The van der Waals surface area contributed by atoms with E-state index in [9.17, 15) is 29.4 Å². The van der Waals surface area contributed by atoms with Gasteiger partial charge in [-0.25, -0.2) is 4.79 Å². The molecule has 3 atom stereocenters. The van der Waals surface area contributed by atoms with Crippen LogP contribution in [-0.2, 0) is 30.4 Å². The van der Waals surface area contributed by atoms with E-state index in [1.54, 1.807) is 0 Å². The Morgan fingerprint density at radius 2 is 1.89 bits per heavy atom. The first kappa shape index (κ1) is 31.2. The van der Waals surface area contributed by atoms with E-state index < -0.39 is 35.1 Å². The summed E-state index contributed by atoms with van der Waals surface area (Å²) in [5.74, 6) is -0.829. The lowest BCUT2D eigenvalue weighted by atomic mass is 9.98. The van der Waals surface area contributed by atoms with E-state index >= 15 is 0 Å². The SMILES string of the molecule is CCCC(NC(CCc1ccccc1)C(=O)N=O)C(=O)N1CCCCC1C(=O)OCCSCCO[N+](=O)[O-]. The van der Waals surface area contributed by atoms with Gasteiger partial charge in [-0.1, -0.05) is 43.7 Å². The summed E-state index contributed by atoms with van der Waals surface area (Å²) < 4.78 is 5.39. The number of carbonyl (C=O) groups excluding carboxylic acids is 3. The molecule has 1 saturated heterocycles. The fourth-order valence-corrected chi connectivity index (χ4v) is 4.92. The van der Waals surface area contributed by atoms with Crippen LogP contribution in [0.2, 0.25) is 0 Å². The van der Waals surface area contributed by atoms with Crippen LogP contribution in [0.25, 0.3) is 0 Å². The van der Waals surface area contributed by atoms with Gasteiger partial charge in [0.1, 0.15) is 19.3 Å². The van der Waals surface area contributed by atoms with Crippen LogP contribution < -0.4 is 5.32 Å². The van der Waals surface area contributed by atoms with Gasteiger partial charge in [-0.3, -0.25) is 14.9 Å². The van der Waals surface area contributed by atoms with Crippen LogP contribution >= 0.6 is 11.8 Å². The molecule has 210 valence electrons. The highest BCUT2D eigenvalue weighted by molar-refractivity contribution is 7.99. The first-order chi connectivity index (χ1) is 18.4. The lowest BCUT2D eigenvalue weighted by molar-refractivity contribution is -0.756. The number of hydrogen-bond acceptors (Lipinski definition) is 10.